The van der Waals surface area contributed by atoms with Crippen molar-refractivity contribution in [3.05, 3.63) is 59.1 Å². The number of hydrazine groups is 1. The Morgan fingerprint density at radius 1 is 0.897 bits per heavy atom. The first-order valence-corrected chi connectivity index (χ1v) is 11.6. The van der Waals surface area contributed by atoms with Crippen LogP contribution in [-0.4, -0.2) is 25.5 Å². The van der Waals surface area contributed by atoms with Crippen molar-refractivity contribution in [1.29, 1.82) is 0 Å². The maximum absolute atomic E-state index is 12.6. The smallest absolute Gasteiger partial charge is 0.269 e. The number of hydrogen-bond acceptors (Lipinski definition) is 4. The van der Waals surface area contributed by atoms with Crippen molar-refractivity contribution >= 4 is 44.7 Å². The number of benzene rings is 2. The molecule has 1 saturated carbocycles. The lowest BCUT2D eigenvalue weighted by Crippen LogP contribution is -2.50. The summed E-state index contributed by atoms with van der Waals surface area (Å²) in [5.74, 6) is -0.409. The highest BCUT2D eigenvalue weighted by atomic mass is 35.5. The second-order valence-electron chi connectivity index (χ2n) is 6.87. The highest BCUT2D eigenvalue weighted by Gasteiger charge is 2.18. The number of rotatable bonds is 4. The van der Waals surface area contributed by atoms with E-state index in [1.165, 1.54) is 67.8 Å². The van der Waals surface area contributed by atoms with Crippen molar-refractivity contribution in [3.8, 4) is 0 Å². The summed E-state index contributed by atoms with van der Waals surface area (Å²) < 4.78 is 25.3. The molecule has 0 unspecified atom stereocenters. The van der Waals surface area contributed by atoms with E-state index in [1.54, 1.807) is 0 Å². The normalized spacial score (nSPS) is 14.8. The van der Waals surface area contributed by atoms with Gasteiger partial charge in [0.05, 0.1) is 9.79 Å². The second kappa shape index (κ2) is 9.56. The van der Waals surface area contributed by atoms with Crippen molar-refractivity contribution in [2.75, 3.05) is 0 Å². The van der Waals surface area contributed by atoms with Gasteiger partial charge < -0.3 is 5.32 Å². The minimum absolute atomic E-state index is 0.0961. The van der Waals surface area contributed by atoms with Crippen LogP contribution in [0, 0.1) is 0 Å². The Hall–Kier alpha value is -2.16. The SMILES string of the molecule is O=C(NNC(=S)NC1CCCCC1)c1ccc(S(=O)(=O)c2ccc(Cl)cc2)cc1. The van der Waals surface area contributed by atoms with Gasteiger partial charge in [-0.05, 0) is 73.6 Å². The van der Waals surface area contributed by atoms with Crippen molar-refractivity contribution < 1.29 is 13.2 Å². The average molecular weight is 452 g/mol. The molecule has 29 heavy (non-hydrogen) atoms. The molecule has 2 aromatic rings. The largest absolute Gasteiger partial charge is 0.359 e. The van der Waals surface area contributed by atoms with Crippen LogP contribution in [0.2, 0.25) is 5.02 Å². The molecule has 0 saturated heterocycles. The van der Waals surface area contributed by atoms with Gasteiger partial charge >= 0.3 is 0 Å². The van der Waals surface area contributed by atoms with Crippen molar-refractivity contribution in [2.45, 2.75) is 47.9 Å². The minimum Gasteiger partial charge on any atom is -0.359 e. The minimum atomic E-state index is -3.68. The van der Waals surface area contributed by atoms with Crippen LogP contribution in [-0.2, 0) is 9.84 Å². The predicted molar refractivity (Wildman–Crippen MR) is 117 cm³/mol. The standard InChI is InChI=1S/C20H22ClN3O3S2/c21-15-8-12-18(13-9-15)29(26,27)17-10-6-14(7-11-17)19(25)23-24-20(28)22-16-4-2-1-3-5-16/h6-13,16H,1-5H2,(H,23,25)(H2,22,24,28). The van der Waals surface area contributed by atoms with Crippen LogP contribution in [0.25, 0.3) is 0 Å². The molecule has 0 aliphatic heterocycles. The zero-order valence-electron chi connectivity index (χ0n) is 15.7. The molecule has 3 rings (SSSR count). The summed E-state index contributed by atoms with van der Waals surface area (Å²) in [5.41, 5.74) is 5.53. The van der Waals surface area contributed by atoms with E-state index in [2.05, 4.69) is 16.2 Å². The van der Waals surface area contributed by atoms with Crippen molar-refractivity contribution in [2.24, 2.45) is 0 Å². The first kappa shape index (κ1) is 21.5. The van der Waals surface area contributed by atoms with Crippen LogP contribution < -0.4 is 16.2 Å². The number of amides is 1. The molecular formula is C20H22ClN3O3S2. The molecule has 0 heterocycles. The fourth-order valence-corrected chi connectivity index (χ4v) is 4.79. The Bertz CT molecular complexity index is 971. The van der Waals surface area contributed by atoms with Crippen LogP contribution in [0.5, 0.6) is 0 Å². The monoisotopic (exact) mass is 451 g/mol. The fourth-order valence-electron chi connectivity index (χ4n) is 3.19. The Kier molecular flexibility index (Phi) is 7.10. The molecule has 1 fully saturated rings. The zero-order valence-corrected chi connectivity index (χ0v) is 18.0. The van der Waals surface area contributed by atoms with Gasteiger partial charge in [0.1, 0.15) is 0 Å². The van der Waals surface area contributed by atoms with Gasteiger partial charge in [0.15, 0.2) is 5.11 Å². The number of thiocarbonyl (C=S) groups is 1. The number of nitrogens with one attached hydrogen (secondary N) is 3. The van der Waals surface area contributed by atoms with Gasteiger partial charge in [-0.2, -0.15) is 0 Å². The lowest BCUT2D eigenvalue weighted by Gasteiger charge is -2.24. The lowest BCUT2D eigenvalue weighted by molar-refractivity contribution is 0.0943. The molecule has 1 aliphatic carbocycles. The highest BCUT2D eigenvalue weighted by Crippen LogP contribution is 2.22. The fraction of sp³-hybridized carbons (Fsp3) is 0.300. The number of carbonyl (C=O) groups excluding carboxylic acids is 1. The molecule has 0 atom stereocenters. The molecular weight excluding hydrogens is 430 g/mol. The van der Waals surface area contributed by atoms with Crippen molar-refractivity contribution in [1.82, 2.24) is 16.2 Å². The summed E-state index contributed by atoms with van der Waals surface area (Å²) in [7, 11) is -3.68. The molecule has 9 heteroatoms. The van der Waals surface area contributed by atoms with Crippen LogP contribution in [0.4, 0.5) is 0 Å². The Labute approximate surface area is 180 Å². The van der Waals surface area contributed by atoms with E-state index in [0.29, 0.717) is 21.7 Å². The maximum atomic E-state index is 12.6. The molecule has 6 nitrogen and oxygen atoms in total. The average Bonchev–Trinajstić information content (AvgIpc) is 2.73. The third-order valence-electron chi connectivity index (χ3n) is 4.78. The Morgan fingerprint density at radius 2 is 1.45 bits per heavy atom. The van der Waals surface area contributed by atoms with Gasteiger partial charge in [0, 0.05) is 16.6 Å². The molecule has 1 amide bonds. The molecule has 1 aliphatic rings. The molecule has 2 aromatic carbocycles. The van der Waals surface area contributed by atoms with Crippen LogP contribution in [0.3, 0.4) is 0 Å². The quantitative estimate of drug-likeness (QED) is 0.486. The summed E-state index contributed by atoms with van der Waals surface area (Å²) in [6, 6.07) is 12.0. The number of sulfone groups is 1. The summed E-state index contributed by atoms with van der Waals surface area (Å²) in [5, 5.41) is 4.02. The van der Waals surface area contributed by atoms with E-state index in [9.17, 15) is 13.2 Å². The second-order valence-corrected chi connectivity index (χ2v) is 9.66. The molecule has 0 aromatic heterocycles. The number of carbonyl (C=O) groups is 1. The summed E-state index contributed by atoms with van der Waals surface area (Å²) in [6.07, 6.45) is 5.74. The number of halogens is 1. The number of hydrogen-bond donors (Lipinski definition) is 3. The maximum Gasteiger partial charge on any atom is 0.269 e. The lowest BCUT2D eigenvalue weighted by atomic mass is 9.96. The third-order valence-corrected chi connectivity index (χ3v) is 7.04. The molecule has 0 spiro atoms. The van der Waals surface area contributed by atoms with Crippen LogP contribution in [0.1, 0.15) is 42.5 Å². The first-order chi connectivity index (χ1) is 13.9. The predicted octanol–water partition coefficient (Wildman–Crippen LogP) is 3.61. The molecule has 154 valence electrons. The first-order valence-electron chi connectivity index (χ1n) is 9.34. The van der Waals surface area contributed by atoms with Crippen LogP contribution >= 0.6 is 23.8 Å². The Balaban J connectivity index is 1.58. The van der Waals surface area contributed by atoms with E-state index in [4.69, 9.17) is 23.8 Å². The summed E-state index contributed by atoms with van der Waals surface area (Å²) >= 11 is 11.0. The summed E-state index contributed by atoms with van der Waals surface area (Å²) in [6.45, 7) is 0. The molecule has 0 bridgehead atoms. The van der Waals surface area contributed by atoms with E-state index in [1.807, 2.05) is 0 Å². The van der Waals surface area contributed by atoms with Gasteiger partial charge in [-0.25, -0.2) is 8.42 Å². The third kappa shape index (κ3) is 5.68. The topological polar surface area (TPSA) is 87.3 Å². The Morgan fingerprint density at radius 3 is 2.03 bits per heavy atom. The van der Waals surface area contributed by atoms with E-state index >= 15 is 0 Å². The van der Waals surface area contributed by atoms with Gasteiger partial charge in [0.2, 0.25) is 9.84 Å². The summed E-state index contributed by atoms with van der Waals surface area (Å²) in [4.78, 5) is 12.5. The van der Waals surface area contributed by atoms with Gasteiger partial charge in [-0.15, -0.1) is 0 Å². The van der Waals surface area contributed by atoms with E-state index < -0.39 is 15.7 Å². The van der Waals surface area contributed by atoms with Crippen molar-refractivity contribution in [3.63, 3.8) is 0 Å². The van der Waals surface area contributed by atoms with E-state index in [-0.39, 0.29) is 9.79 Å². The van der Waals surface area contributed by atoms with Crippen LogP contribution in [0.15, 0.2) is 58.3 Å². The zero-order chi connectivity index (χ0) is 20.9. The molecule has 0 radical (unpaired) electrons. The molecule has 3 N–H and O–H groups in total. The van der Waals surface area contributed by atoms with Gasteiger partial charge in [-0.1, -0.05) is 30.9 Å². The highest BCUT2D eigenvalue weighted by molar-refractivity contribution is 7.91. The van der Waals surface area contributed by atoms with Gasteiger partial charge in [-0.3, -0.25) is 15.6 Å². The van der Waals surface area contributed by atoms with Gasteiger partial charge in [0.25, 0.3) is 5.91 Å². The van der Waals surface area contributed by atoms with E-state index in [0.717, 1.165) is 12.8 Å².